The largest absolute Gasteiger partial charge is 0.488 e. The van der Waals surface area contributed by atoms with Crippen molar-refractivity contribution >= 4 is 0 Å². The number of nitrogens with one attached hydrogen (secondary N) is 1. The number of hydrogen-bond donors (Lipinski definition) is 1. The Labute approximate surface area is 127 Å². The van der Waals surface area contributed by atoms with Gasteiger partial charge in [0.15, 0.2) is 0 Å². The first-order chi connectivity index (χ1) is 10.4. The molecule has 0 radical (unpaired) electrons. The van der Waals surface area contributed by atoms with Crippen LogP contribution in [0.1, 0.15) is 24.0 Å². The summed E-state index contributed by atoms with van der Waals surface area (Å²) in [7, 11) is 2.04. The van der Waals surface area contributed by atoms with Gasteiger partial charge >= 0.3 is 0 Å². The second-order valence-electron chi connectivity index (χ2n) is 5.74. The molecule has 21 heavy (non-hydrogen) atoms. The third-order valence-corrected chi connectivity index (χ3v) is 4.32. The van der Waals surface area contributed by atoms with Gasteiger partial charge in [-0.3, -0.25) is 0 Å². The minimum atomic E-state index is 0.267. The average molecular weight is 281 g/mol. The standard InChI is InChI=1S/C19H23NO/c1-20-17(12-7-10-15-8-3-2-4-9-15)19-14-16-11-5-6-13-18(16)21-19/h2-6,8-9,11,13,17,19-20H,7,10,12,14H2,1H3. The molecule has 0 saturated carbocycles. The Morgan fingerprint density at radius 2 is 1.86 bits per heavy atom. The Morgan fingerprint density at radius 1 is 1.10 bits per heavy atom. The van der Waals surface area contributed by atoms with E-state index in [2.05, 4.69) is 53.8 Å². The van der Waals surface area contributed by atoms with E-state index in [-0.39, 0.29) is 6.10 Å². The summed E-state index contributed by atoms with van der Waals surface area (Å²) in [5.41, 5.74) is 2.76. The highest BCUT2D eigenvalue weighted by atomic mass is 16.5. The van der Waals surface area contributed by atoms with Crippen LogP contribution in [0.25, 0.3) is 0 Å². The smallest absolute Gasteiger partial charge is 0.123 e. The van der Waals surface area contributed by atoms with E-state index in [1.807, 2.05) is 13.1 Å². The molecule has 2 aromatic rings. The van der Waals surface area contributed by atoms with Crippen LogP contribution in [-0.2, 0) is 12.8 Å². The fourth-order valence-corrected chi connectivity index (χ4v) is 3.12. The van der Waals surface area contributed by atoms with Gasteiger partial charge in [-0.05, 0) is 43.5 Å². The molecule has 2 unspecified atom stereocenters. The lowest BCUT2D eigenvalue weighted by Gasteiger charge is -2.22. The lowest BCUT2D eigenvalue weighted by atomic mass is 9.98. The Kier molecular flexibility index (Phi) is 4.56. The van der Waals surface area contributed by atoms with Crippen molar-refractivity contribution in [2.75, 3.05) is 7.05 Å². The topological polar surface area (TPSA) is 21.3 Å². The first-order valence-electron chi connectivity index (χ1n) is 7.82. The van der Waals surface area contributed by atoms with Crippen molar-refractivity contribution in [3.8, 4) is 5.75 Å². The van der Waals surface area contributed by atoms with Gasteiger partial charge in [0, 0.05) is 12.5 Å². The quantitative estimate of drug-likeness (QED) is 0.873. The van der Waals surface area contributed by atoms with Gasteiger partial charge in [-0.25, -0.2) is 0 Å². The molecule has 1 aliphatic heterocycles. The van der Waals surface area contributed by atoms with E-state index in [1.54, 1.807) is 0 Å². The van der Waals surface area contributed by atoms with E-state index in [0.717, 1.165) is 25.0 Å². The third-order valence-electron chi connectivity index (χ3n) is 4.32. The van der Waals surface area contributed by atoms with Crippen LogP contribution in [0.4, 0.5) is 0 Å². The highest BCUT2D eigenvalue weighted by Gasteiger charge is 2.28. The van der Waals surface area contributed by atoms with Crippen LogP contribution in [0.5, 0.6) is 5.75 Å². The molecule has 2 atom stereocenters. The molecule has 0 amide bonds. The number of fused-ring (bicyclic) bond motifs is 1. The monoisotopic (exact) mass is 281 g/mol. The summed E-state index contributed by atoms with van der Waals surface area (Å²) in [4.78, 5) is 0. The molecule has 2 aromatic carbocycles. The second-order valence-corrected chi connectivity index (χ2v) is 5.74. The van der Waals surface area contributed by atoms with Crippen LogP contribution in [0.3, 0.4) is 0 Å². The maximum atomic E-state index is 6.10. The summed E-state index contributed by atoms with van der Waals surface area (Å²) >= 11 is 0. The zero-order chi connectivity index (χ0) is 14.5. The number of rotatable bonds is 6. The fourth-order valence-electron chi connectivity index (χ4n) is 3.12. The predicted octanol–water partition coefficient (Wildman–Crippen LogP) is 3.60. The van der Waals surface area contributed by atoms with E-state index in [4.69, 9.17) is 4.74 Å². The molecule has 0 aliphatic carbocycles. The Balaban J connectivity index is 1.52. The summed E-state index contributed by atoms with van der Waals surface area (Å²) < 4.78 is 6.10. The van der Waals surface area contributed by atoms with E-state index < -0.39 is 0 Å². The van der Waals surface area contributed by atoms with Crippen LogP contribution < -0.4 is 10.1 Å². The van der Waals surface area contributed by atoms with Crippen LogP contribution in [0.15, 0.2) is 54.6 Å². The Morgan fingerprint density at radius 3 is 2.62 bits per heavy atom. The summed E-state index contributed by atoms with van der Waals surface area (Å²) in [6.45, 7) is 0. The van der Waals surface area contributed by atoms with Crippen molar-refractivity contribution < 1.29 is 4.74 Å². The van der Waals surface area contributed by atoms with Crippen molar-refractivity contribution in [2.24, 2.45) is 0 Å². The van der Waals surface area contributed by atoms with Crippen LogP contribution in [0.2, 0.25) is 0 Å². The number of ether oxygens (including phenoxy) is 1. The van der Waals surface area contributed by atoms with Crippen molar-refractivity contribution in [1.29, 1.82) is 0 Å². The molecule has 0 saturated heterocycles. The lowest BCUT2D eigenvalue weighted by Crippen LogP contribution is -2.40. The average Bonchev–Trinajstić information content (AvgIpc) is 2.96. The highest BCUT2D eigenvalue weighted by molar-refractivity contribution is 5.37. The summed E-state index contributed by atoms with van der Waals surface area (Å²) in [6.07, 6.45) is 4.75. The van der Waals surface area contributed by atoms with Gasteiger partial charge in [-0.1, -0.05) is 48.5 Å². The summed E-state index contributed by atoms with van der Waals surface area (Å²) in [5, 5.41) is 3.44. The van der Waals surface area contributed by atoms with Gasteiger partial charge in [0.05, 0.1) is 0 Å². The number of para-hydroxylation sites is 1. The van der Waals surface area contributed by atoms with Crippen molar-refractivity contribution in [2.45, 2.75) is 37.8 Å². The molecule has 2 heteroatoms. The molecular formula is C19H23NO. The van der Waals surface area contributed by atoms with Gasteiger partial charge in [0.25, 0.3) is 0 Å². The molecule has 0 spiro atoms. The molecule has 1 heterocycles. The Hall–Kier alpha value is -1.80. The van der Waals surface area contributed by atoms with Crippen molar-refractivity contribution in [3.63, 3.8) is 0 Å². The van der Waals surface area contributed by atoms with Gasteiger partial charge in [-0.2, -0.15) is 0 Å². The fraction of sp³-hybridized carbons (Fsp3) is 0.368. The van der Waals surface area contributed by atoms with E-state index in [9.17, 15) is 0 Å². The van der Waals surface area contributed by atoms with Gasteiger partial charge in [0.1, 0.15) is 11.9 Å². The van der Waals surface area contributed by atoms with Gasteiger partial charge < -0.3 is 10.1 Å². The molecule has 1 aliphatic rings. The second kappa shape index (κ2) is 6.77. The maximum absolute atomic E-state index is 6.10. The first kappa shape index (κ1) is 14.2. The summed E-state index contributed by atoms with van der Waals surface area (Å²) in [5.74, 6) is 1.06. The normalized spacial score (nSPS) is 18.0. The minimum absolute atomic E-state index is 0.267. The van der Waals surface area contributed by atoms with Crippen LogP contribution in [0, 0.1) is 0 Å². The predicted molar refractivity (Wildman–Crippen MR) is 86.8 cm³/mol. The molecule has 0 aromatic heterocycles. The molecule has 0 bridgehead atoms. The Bertz CT molecular complexity index is 542. The number of benzene rings is 2. The molecular weight excluding hydrogens is 258 g/mol. The SMILES string of the molecule is CNC(CCCc1ccccc1)C1Cc2ccccc2O1. The first-order valence-corrected chi connectivity index (χ1v) is 7.82. The zero-order valence-electron chi connectivity index (χ0n) is 12.6. The number of aryl methyl sites for hydroxylation is 1. The minimum Gasteiger partial charge on any atom is -0.488 e. The van der Waals surface area contributed by atoms with Gasteiger partial charge in [0.2, 0.25) is 0 Å². The third kappa shape index (κ3) is 3.45. The van der Waals surface area contributed by atoms with Crippen LogP contribution >= 0.6 is 0 Å². The maximum Gasteiger partial charge on any atom is 0.123 e. The molecule has 0 fully saturated rings. The highest BCUT2D eigenvalue weighted by Crippen LogP contribution is 2.30. The molecule has 3 rings (SSSR count). The van der Waals surface area contributed by atoms with E-state index >= 15 is 0 Å². The molecule has 2 nitrogen and oxygen atoms in total. The summed E-state index contributed by atoms with van der Waals surface area (Å²) in [6, 6.07) is 19.5. The molecule has 1 N–H and O–H groups in total. The zero-order valence-corrected chi connectivity index (χ0v) is 12.6. The number of likely N-dealkylation sites (N-methyl/N-ethyl adjacent to an activating group) is 1. The lowest BCUT2D eigenvalue weighted by molar-refractivity contribution is 0.175. The van der Waals surface area contributed by atoms with Crippen molar-refractivity contribution in [1.82, 2.24) is 5.32 Å². The van der Waals surface area contributed by atoms with Crippen LogP contribution in [-0.4, -0.2) is 19.2 Å². The van der Waals surface area contributed by atoms with E-state index in [1.165, 1.54) is 17.5 Å². The van der Waals surface area contributed by atoms with Crippen molar-refractivity contribution in [3.05, 3.63) is 65.7 Å². The molecule has 110 valence electrons. The van der Waals surface area contributed by atoms with Gasteiger partial charge in [-0.15, -0.1) is 0 Å². The van der Waals surface area contributed by atoms with E-state index in [0.29, 0.717) is 6.04 Å². The number of hydrogen-bond acceptors (Lipinski definition) is 2.